The minimum Gasteiger partial charge on any atom is -0.491 e. The molecule has 0 aliphatic carbocycles. The molecule has 0 unspecified atom stereocenters. The Labute approximate surface area is 113 Å². The Bertz CT molecular complexity index is 406. The number of unbranched alkanes of at least 4 members (excludes halogenated alkanes) is 1. The summed E-state index contributed by atoms with van der Waals surface area (Å²) in [7, 11) is 1.32. The number of hydrogen-bond donors (Lipinski definition) is 1. The molecular weight excluding hydrogens is 246 g/mol. The van der Waals surface area contributed by atoms with Gasteiger partial charge in [0.1, 0.15) is 12.4 Å². The first kappa shape index (κ1) is 15.3. The number of ether oxygens (including phenoxy) is 3. The second-order valence-corrected chi connectivity index (χ2v) is 4.06. The van der Waals surface area contributed by atoms with E-state index >= 15 is 0 Å². The lowest BCUT2D eigenvalue weighted by molar-refractivity contribution is 0.0601. The fourth-order valence-electron chi connectivity index (χ4n) is 1.48. The zero-order valence-electron chi connectivity index (χ0n) is 11.5. The smallest absolute Gasteiger partial charge is 0.340 e. The highest BCUT2D eigenvalue weighted by molar-refractivity contribution is 5.95. The standard InChI is InChI=1S/C14H21NO4/c1-3-4-7-18-8-9-19-11-5-6-13(15)12(10-11)14(16)17-2/h5-6,10H,3-4,7-9,15H2,1-2H3. The van der Waals surface area contributed by atoms with Gasteiger partial charge in [0.05, 0.1) is 19.3 Å². The number of anilines is 1. The number of methoxy groups -OCH3 is 1. The lowest BCUT2D eigenvalue weighted by Crippen LogP contribution is -2.09. The van der Waals surface area contributed by atoms with Crippen LogP contribution in [0.2, 0.25) is 0 Å². The highest BCUT2D eigenvalue weighted by atomic mass is 16.5. The van der Waals surface area contributed by atoms with Crippen molar-refractivity contribution in [2.75, 3.05) is 32.7 Å². The van der Waals surface area contributed by atoms with Crippen molar-refractivity contribution in [3.63, 3.8) is 0 Å². The van der Waals surface area contributed by atoms with Gasteiger partial charge >= 0.3 is 5.97 Å². The third-order valence-corrected chi connectivity index (χ3v) is 2.57. The van der Waals surface area contributed by atoms with Crippen molar-refractivity contribution in [1.82, 2.24) is 0 Å². The molecule has 5 heteroatoms. The van der Waals surface area contributed by atoms with E-state index in [4.69, 9.17) is 15.2 Å². The second kappa shape index (κ2) is 8.37. The first-order valence-corrected chi connectivity index (χ1v) is 6.37. The first-order chi connectivity index (χ1) is 9.19. The maximum absolute atomic E-state index is 11.5. The second-order valence-electron chi connectivity index (χ2n) is 4.06. The molecule has 1 rings (SSSR count). The third-order valence-electron chi connectivity index (χ3n) is 2.57. The number of esters is 1. The van der Waals surface area contributed by atoms with Crippen LogP contribution in [0.15, 0.2) is 18.2 Å². The van der Waals surface area contributed by atoms with Crippen molar-refractivity contribution < 1.29 is 19.0 Å². The Balaban J connectivity index is 2.44. The molecule has 0 radical (unpaired) electrons. The molecule has 0 atom stereocenters. The van der Waals surface area contributed by atoms with E-state index in [0.717, 1.165) is 19.4 Å². The molecule has 1 aromatic rings. The molecular formula is C14H21NO4. The molecule has 0 saturated heterocycles. The van der Waals surface area contributed by atoms with Crippen molar-refractivity contribution >= 4 is 11.7 Å². The number of rotatable bonds is 8. The Hall–Kier alpha value is -1.75. The van der Waals surface area contributed by atoms with Crippen LogP contribution in [-0.4, -0.2) is 32.9 Å². The van der Waals surface area contributed by atoms with Gasteiger partial charge < -0.3 is 19.9 Å². The lowest BCUT2D eigenvalue weighted by atomic mass is 10.2. The molecule has 0 aliphatic rings. The molecule has 0 saturated carbocycles. The summed E-state index contributed by atoms with van der Waals surface area (Å²) in [4.78, 5) is 11.5. The Morgan fingerprint density at radius 3 is 2.74 bits per heavy atom. The van der Waals surface area contributed by atoms with Crippen LogP contribution in [0.5, 0.6) is 5.75 Å². The number of hydrogen-bond acceptors (Lipinski definition) is 5. The molecule has 0 heterocycles. The first-order valence-electron chi connectivity index (χ1n) is 6.37. The van der Waals surface area contributed by atoms with Crippen LogP contribution >= 0.6 is 0 Å². The predicted octanol–water partition coefficient (Wildman–Crippen LogP) is 2.25. The Morgan fingerprint density at radius 1 is 1.26 bits per heavy atom. The topological polar surface area (TPSA) is 70.8 Å². The summed E-state index contributed by atoms with van der Waals surface area (Å²) in [5, 5.41) is 0. The predicted molar refractivity (Wildman–Crippen MR) is 73.4 cm³/mol. The van der Waals surface area contributed by atoms with Crippen molar-refractivity contribution in [2.24, 2.45) is 0 Å². The summed E-state index contributed by atoms with van der Waals surface area (Å²) < 4.78 is 15.5. The molecule has 0 bridgehead atoms. The zero-order chi connectivity index (χ0) is 14.1. The monoisotopic (exact) mass is 267 g/mol. The van der Waals surface area contributed by atoms with E-state index in [0.29, 0.717) is 30.2 Å². The van der Waals surface area contributed by atoms with Gasteiger partial charge in [-0.1, -0.05) is 13.3 Å². The molecule has 5 nitrogen and oxygen atoms in total. The average Bonchev–Trinajstić information content (AvgIpc) is 2.43. The van der Waals surface area contributed by atoms with Crippen LogP contribution in [0.3, 0.4) is 0 Å². The van der Waals surface area contributed by atoms with Crippen LogP contribution in [0.25, 0.3) is 0 Å². The maximum Gasteiger partial charge on any atom is 0.340 e. The van der Waals surface area contributed by atoms with Crippen LogP contribution in [0.4, 0.5) is 5.69 Å². The average molecular weight is 267 g/mol. The van der Waals surface area contributed by atoms with E-state index < -0.39 is 5.97 Å². The van der Waals surface area contributed by atoms with Crippen LogP contribution in [0, 0.1) is 0 Å². The molecule has 0 aliphatic heterocycles. The summed E-state index contributed by atoms with van der Waals surface area (Å²) in [6, 6.07) is 4.92. The SMILES string of the molecule is CCCCOCCOc1ccc(N)c(C(=O)OC)c1. The van der Waals surface area contributed by atoms with E-state index in [2.05, 4.69) is 11.7 Å². The summed E-state index contributed by atoms with van der Waals surface area (Å²) in [6.07, 6.45) is 2.16. The van der Waals surface area contributed by atoms with Gasteiger partial charge in [0.2, 0.25) is 0 Å². The van der Waals surface area contributed by atoms with Crippen molar-refractivity contribution in [2.45, 2.75) is 19.8 Å². The van der Waals surface area contributed by atoms with E-state index in [1.807, 2.05) is 0 Å². The largest absolute Gasteiger partial charge is 0.491 e. The van der Waals surface area contributed by atoms with Gasteiger partial charge in [0.25, 0.3) is 0 Å². The molecule has 0 aromatic heterocycles. The van der Waals surface area contributed by atoms with Gasteiger partial charge in [0.15, 0.2) is 0 Å². The number of nitrogens with two attached hydrogens (primary N) is 1. The molecule has 0 amide bonds. The Kier molecular flexibility index (Phi) is 6.74. The van der Waals surface area contributed by atoms with E-state index in [9.17, 15) is 4.79 Å². The van der Waals surface area contributed by atoms with Gasteiger partial charge in [-0.2, -0.15) is 0 Å². The van der Waals surface area contributed by atoms with Crippen molar-refractivity contribution in [1.29, 1.82) is 0 Å². The maximum atomic E-state index is 11.5. The molecule has 106 valence electrons. The number of carbonyl (C=O) groups excluding carboxylic acids is 1. The van der Waals surface area contributed by atoms with E-state index in [1.165, 1.54) is 7.11 Å². The lowest BCUT2D eigenvalue weighted by Gasteiger charge is -2.09. The van der Waals surface area contributed by atoms with Crippen LogP contribution in [0.1, 0.15) is 30.1 Å². The quantitative estimate of drug-likeness (QED) is 0.444. The Morgan fingerprint density at radius 2 is 2.05 bits per heavy atom. The van der Waals surface area contributed by atoms with Crippen molar-refractivity contribution in [3.8, 4) is 5.75 Å². The third kappa shape index (κ3) is 5.18. The highest BCUT2D eigenvalue weighted by Gasteiger charge is 2.11. The molecule has 0 spiro atoms. The number of carbonyl (C=O) groups is 1. The van der Waals surface area contributed by atoms with E-state index in [-0.39, 0.29) is 0 Å². The summed E-state index contributed by atoms with van der Waals surface area (Å²) in [6.45, 7) is 3.82. The number of benzene rings is 1. The highest BCUT2D eigenvalue weighted by Crippen LogP contribution is 2.20. The fourth-order valence-corrected chi connectivity index (χ4v) is 1.48. The fraction of sp³-hybridized carbons (Fsp3) is 0.500. The summed E-state index contributed by atoms with van der Waals surface area (Å²) in [5.74, 6) is 0.107. The van der Waals surface area contributed by atoms with E-state index in [1.54, 1.807) is 18.2 Å². The van der Waals surface area contributed by atoms with Gasteiger partial charge in [-0.15, -0.1) is 0 Å². The molecule has 2 N–H and O–H groups in total. The van der Waals surface area contributed by atoms with Gasteiger partial charge in [-0.05, 0) is 24.6 Å². The molecule has 19 heavy (non-hydrogen) atoms. The van der Waals surface area contributed by atoms with Crippen molar-refractivity contribution in [3.05, 3.63) is 23.8 Å². The van der Waals surface area contributed by atoms with Gasteiger partial charge in [-0.25, -0.2) is 4.79 Å². The normalized spacial score (nSPS) is 10.2. The minimum absolute atomic E-state index is 0.312. The van der Waals surface area contributed by atoms with Crippen LogP contribution in [-0.2, 0) is 9.47 Å². The molecule has 0 fully saturated rings. The summed E-state index contributed by atoms with van der Waals surface area (Å²) >= 11 is 0. The zero-order valence-corrected chi connectivity index (χ0v) is 11.5. The minimum atomic E-state index is -0.470. The van der Waals surface area contributed by atoms with Gasteiger partial charge in [0, 0.05) is 12.3 Å². The molecule has 1 aromatic carbocycles. The van der Waals surface area contributed by atoms with Gasteiger partial charge in [-0.3, -0.25) is 0 Å². The summed E-state index contributed by atoms with van der Waals surface area (Å²) in [5.41, 5.74) is 6.38. The number of nitrogen functional groups attached to an aromatic ring is 1. The van der Waals surface area contributed by atoms with Crippen LogP contribution < -0.4 is 10.5 Å².